The van der Waals surface area contributed by atoms with Gasteiger partial charge in [-0.1, -0.05) is 30.1 Å². The number of halogens is 2. The molecule has 0 spiro atoms. The van der Waals surface area contributed by atoms with Gasteiger partial charge in [0.2, 0.25) is 0 Å². The maximum Gasteiger partial charge on any atom is 0.251 e. The van der Waals surface area contributed by atoms with Crippen molar-refractivity contribution in [3.05, 3.63) is 61.3 Å². The predicted molar refractivity (Wildman–Crippen MR) is 93.8 cm³/mol. The number of aromatic nitrogens is 2. The normalized spacial score (nSPS) is 11.3. The summed E-state index contributed by atoms with van der Waals surface area (Å²) < 4.78 is 5.66. The zero-order valence-corrected chi connectivity index (χ0v) is 14.5. The summed E-state index contributed by atoms with van der Waals surface area (Å²) >= 11 is 12.2. The molecule has 1 aromatic carbocycles. The minimum atomic E-state index is -0.205. The van der Waals surface area contributed by atoms with Crippen LogP contribution in [0.25, 0.3) is 11.1 Å². The first-order valence-electron chi connectivity index (χ1n) is 7.61. The number of aryl methyl sites for hydroxylation is 3. The summed E-state index contributed by atoms with van der Waals surface area (Å²) in [5.41, 5.74) is 2.89. The highest BCUT2D eigenvalue weighted by atomic mass is 35.5. The van der Waals surface area contributed by atoms with Gasteiger partial charge < -0.3 is 14.5 Å². The molecule has 0 aliphatic carbocycles. The summed E-state index contributed by atoms with van der Waals surface area (Å²) in [5, 5.41) is 10.2. The van der Waals surface area contributed by atoms with E-state index in [2.05, 4.69) is 9.97 Å². The first kappa shape index (κ1) is 17.0. The molecule has 2 aromatic heterocycles. The van der Waals surface area contributed by atoms with E-state index in [-0.39, 0.29) is 12.2 Å². The summed E-state index contributed by atoms with van der Waals surface area (Å²) in [6, 6.07) is 5.16. The van der Waals surface area contributed by atoms with Crippen LogP contribution < -0.4 is 5.56 Å². The van der Waals surface area contributed by atoms with Gasteiger partial charge in [0.1, 0.15) is 5.52 Å². The Kier molecular flexibility index (Phi) is 4.94. The average molecular weight is 367 g/mol. The second-order valence-electron chi connectivity index (χ2n) is 5.45. The van der Waals surface area contributed by atoms with E-state index in [1.807, 2.05) is 13.0 Å². The molecule has 3 rings (SSSR count). The predicted octanol–water partition coefficient (Wildman–Crippen LogP) is 3.66. The second-order valence-corrected chi connectivity index (χ2v) is 6.27. The summed E-state index contributed by atoms with van der Waals surface area (Å²) in [6.07, 6.45) is 1.65. The standard InChI is InChI=1S/C17H16Cl2N2O3/c1-2-9-7-10(17(23)20-13(9)8-22)3-6-14-21-15-11(18)4-5-12(19)16(15)24-14/h4-5,7,22H,2-3,6,8H2,1H3,(H,20,23). The van der Waals surface area contributed by atoms with Crippen LogP contribution in [0.5, 0.6) is 0 Å². The molecule has 0 fully saturated rings. The first-order valence-corrected chi connectivity index (χ1v) is 8.37. The van der Waals surface area contributed by atoms with Gasteiger partial charge in [0.15, 0.2) is 11.5 Å². The number of H-pyrrole nitrogens is 1. The summed E-state index contributed by atoms with van der Waals surface area (Å²) in [5.74, 6) is 0.476. The lowest BCUT2D eigenvalue weighted by atomic mass is 10.1. The van der Waals surface area contributed by atoms with Crippen LogP contribution in [0.1, 0.15) is 29.6 Å². The van der Waals surface area contributed by atoms with Gasteiger partial charge in [-0.15, -0.1) is 0 Å². The van der Waals surface area contributed by atoms with Crippen LogP contribution in [0.3, 0.4) is 0 Å². The minimum absolute atomic E-state index is 0.180. The number of hydrogen-bond donors (Lipinski definition) is 2. The van der Waals surface area contributed by atoms with Crippen molar-refractivity contribution in [2.24, 2.45) is 0 Å². The monoisotopic (exact) mass is 366 g/mol. The van der Waals surface area contributed by atoms with Crippen molar-refractivity contribution in [1.82, 2.24) is 9.97 Å². The highest BCUT2D eigenvalue weighted by Crippen LogP contribution is 2.30. The van der Waals surface area contributed by atoms with Crippen molar-refractivity contribution < 1.29 is 9.52 Å². The molecule has 0 amide bonds. The molecule has 0 saturated carbocycles. The minimum Gasteiger partial charge on any atom is -0.439 e. The molecular formula is C17H16Cl2N2O3. The van der Waals surface area contributed by atoms with E-state index in [1.54, 1.807) is 12.1 Å². The summed E-state index contributed by atoms with van der Waals surface area (Å²) in [4.78, 5) is 19.2. The molecule has 0 saturated heterocycles. The lowest BCUT2D eigenvalue weighted by molar-refractivity contribution is 0.275. The topological polar surface area (TPSA) is 79.1 Å². The molecule has 3 aromatic rings. The highest BCUT2D eigenvalue weighted by molar-refractivity contribution is 6.39. The number of nitrogens with zero attached hydrogens (tertiary/aromatic N) is 1. The fourth-order valence-electron chi connectivity index (χ4n) is 2.64. The van der Waals surface area contributed by atoms with Gasteiger partial charge in [-0.25, -0.2) is 4.98 Å². The Bertz CT molecular complexity index is 908. The van der Waals surface area contributed by atoms with Crippen LogP contribution in [-0.2, 0) is 25.9 Å². The lowest BCUT2D eigenvalue weighted by Gasteiger charge is -2.07. The first-order chi connectivity index (χ1) is 11.5. The Morgan fingerprint density at radius 1 is 1.21 bits per heavy atom. The van der Waals surface area contributed by atoms with Crippen molar-refractivity contribution in [2.75, 3.05) is 0 Å². The van der Waals surface area contributed by atoms with Crippen molar-refractivity contribution in [3.8, 4) is 0 Å². The largest absolute Gasteiger partial charge is 0.439 e. The number of benzene rings is 1. The molecule has 0 atom stereocenters. The van der Waals surface area contributed by atoms with Crippen LogP contribution >= 0.6 is 23.2 Å². The van der Waals surface area contributed by atoms with Crippen molar-refractivity contribution in [1.29, 1.82) is 0 Å². The molecule has 5 nitrogen and oxygen atoms in total. The Morgan fingerprint density at radius 2 is 1.96 bits per heavy atom. The zero-order chi connectivity index (χ0) is 17.3. The number of pyridine rings is 1. The van der Waals surface area contributed by atoms with E-state index in [0.29, 0.717) is 51.1 Å². The number of rotatable bonds is 5. The van der Waals surface area contributed by atoms with Crippen molar-refractivity contribution in [3.63, 3.8) is 0 Å². The number of aromatic amines is 1. The maximum absolute atomic E-state index is 12.1. The van der Waals surface area contributed by atoms with Gasteiger partial charge >= 0.3 is 0 Å². The Morgan fingerprint density at radius 3 is 2.62 bits per heavy atom. The van der Waals surface area contributed by atoms with E-state index >= 15 is 0 Å². The zero-order valence-electron chi connectivity index (χ0n) is 13.0. The number of aliphatic hydroxyl groups is 1. The summed E-state index contributed by atoms with van der Waals surface area (Å²) in [6.45, 7) is 1.79. The third-order valence-corrected chi connectivity index (χ3v) is 4.53. The number of hydrogen-bond acceptors (Lipinski definition) is 4. The number of aliphatic hydroxyl groups excluding tert-OH is 1. The molecule has 0 radical (unpaired) electrons. The number of nitrogens with one attached hydrogen (secondary N) is 1. The third-order valence-electron chi connectivity index (χ3n) is 3.93. The molecule has 2 heterocycles. The van der Waals surface area contributed by atoms with Gasteiger partial charge in [0.05, 0.1) is 16.7 Å². The Balaban J connectivity index is 1.87. The summed E-state index contributed by atoms with van der Waals surface area (Å²) in [7, 11) is 0. The van der Waals surface area contributed by atoms with Crippen molar-refractivity contribution in [2.45, 2.75) is 32.8 Å². The smallest absolute Gasteiger partial charge is 0.251 e. The van der Waals surface area contributed by atoms with E-state index in [9.17, 15) is 9.90 Å². The Labute approximate surface area is 148 Å². The maximum atomic E-state index is 12.1. The fraction of sp³-hybridized carbons (Fsp3) is 0.294. The molecule has 0 bridgehead atoms. The van der Waals surface area contributed by atoms with Crippen LogP contribution in [0.15, 0.2) is 27.4 Å². The van der Waals surface area contributed by atoms with E-state index in [0.717, 1.165) is 12.0 Å². The van der Waals surface area contributed by atoms with Gasteiger partial charge in [-0.2, -0.15) is 0 Å². The fourth-order valence-corrected chi connectivity index (χ4v) is 3.02. The van der Waals surface area contributed by atoms with E-state index < -0.39 is 0 Å². The molecule has 7 heteroatoms. The van der Waals surface area contributed by atoms with Crippen LogP contribution in [0.2, 0.25) is 10.0 Å². The SMILES string of the molecule is CCc1cc(CCc2nc3c(Cl)ccc(Cl)c3o2)c(=O)[nH]c1CO. The number of oxazole rings is 1. The molecular weight excluding hydrogens is 351 g/mol. The third kappa shape index (κ3) is 3.20. The van der Waals surface area contributed by atoms with Crippen molar-refractivity contribution >= 4 is 34.3 Å². The van der Waals surface area contributed by atoms with E-state index in [1.165, 1.54) is 0 Å². The van der Waals surface area contributed by atoms with Crippen LogP contribution in [-0.4, -0.2) is 15.1 Å². The second kappa shape index (κ2) is 6.97. The molecule has 24 heavy (non-hydrogen) atoms. The molecule has 126 valence electrons. The van der Waals surface area contributed by atoms with E-state index in [4.69, 9.17) is 27.6 Å². The Hall–Kier alpha value is -1.82. The van der Waals surface area contributed by atoms with Crippen LogP contribution in [0, 0.1) is 0 Å². The molecule has 0 aliphatic rings. The molecule has 0 aliphatic heterocycles. The highest BCUT2D eigenvalue weighted by Gasteiger charge is 2.14. The quantitative estimate of drug-likeness (QED) is 0.721. The van der Waals surface area contributed by atoms with Gasteiger partial charge in [0, 0.05) is 17.7 Å². The van der Waals surface area contributed by atoms with Crippen LogP contribution in [0.4, 0.5) is 0 Å². The van der Waals surface area contributed by atoms with Gasteiger partial charge in [0.25, 0.3) is 5.56 Å². The molecule has 2 N–H and O–H groups in total. The van der Waals surface area contributed by atoms with Gasteiger partial charge in [-0.05, 0) is 36.6 Å². The van der Waals surface area contributed by atoms with Gasteiger partial charge in [-0.3, -0.25) is 4.79 Å². The number of fused-ring (bicyclic) bond motifs is 1. The lowest BCUT2D eigenvalue weighted by Crippen LogP contribution is -2.17. The molecule has 0 unspecified atom stereocenters. The average Bonchev–Trinajstić information content (AvgIpc) is 3.02.